The van der Waals surface area contributed by atoms with Crippen LogP contribution in [0.4, 0.5) is 0 Å². The van der Waals surface area contributed by atoms with Gasteiger partial charge >= 0.3 is 0 Å². The third-order valence-corrected chi connectivity index (χ3v) is 1.33. The number of hydrogen-bond donors (Lipinski definition) is 3. The highest BCUT2D eigenvalue weighted by molar-refractivity contribution is 5.79. The Morgan fingerprint density at radius 2 is 2.00 bits per heavy atom. The molecule has 0 saturated heterocycles. The quantitative estimate of drug-likeness (QED) is 0.430. The molecule has 0 aliphatic heterocycles. The van der Waals surface area contributed by atoms with Crippen LogP contribution in [0.3, 0.4) is 0 Å². The maximum absolute atomic E-state index is 10.4. The number of amides is 1. The van der Waals surface area contributed by atoms with Gasteiger partial charge in [-0.3, -0.25) is 4.79 Å². The Bertz CT molecular complexity index is 105. The van der Waals surface area contributed by atoms with Crippen LogP contribution in [0.15, 0.2) is 0 Å². The van der Waals surface area contributed by atoms with Gasteiger partial charge in [-0.05, 0) is 19.4 Å². The van der Waals surface area contributed by atoms with E-state index in [4.69, 9.17) is 17.2 Å². The van der Waals surface area contributed by atoms with E-state index in [1.807, 2.05) is 0 Å². The number of rotatable bonds is 5. The van der Waals surface area contributed by atoms with E-state index in [0.717, 1.165) is 12.8 Å². The van der Waals surface area contributed by atoms with E-state index in [2.05, 4.69) is 0 Å². The molecule has 0 aliphatic rings. The molecule has 0 aromatic carbocycles. The smallest absolute Gasteiger partial charge is 0.234 e. The lowest BCUT2D eigenvalue weighted by atomic mass is 10.1. The number of primary amides is 1. The van der Waals surface area contributed by atoms with Gasteiger partial charge in [0.15, 0.2) is 0 Å². The highest BCUT2D eigenvalue weighted by atomic mass is 16.1. The fraction of sp³-hybridized carbons (Fsp3) is 0.833. The van der Waals surface area contributed by atoms with Crippen LogP contribution in [0.25, 0.3) is 0 Å². The third kappa shape index (κ3) is 4.29. The molecule has 1 amide bonds. The van der Waals surface area contributed by atoms with Crippen LogP contribution in [-0.4, -0.2) is 18.5 Å². The van der Waals surface area contributed by atoms with E-state index in [-0.39, 0.29) is 0 Å². The highest BCUT2D eigenvalue weighted by Crippen LogP contribution is 1.96. The molecule has 0 saturated carbocycles. The molecule has 0 bridgehead atoms. The zero-order chi connectivity index (χ0) is 7.98. The summed E-state index contributed by atoms with van der Waals surface area (Å²) in [6, 6.07) is -0.494. The van der Waals surface area contributed by atoms with Crippen molar-refractivity contribution >= 4 is 5.91 Å². The fourth-order valence-electron chi connectivity index (χ4n) is 0.651. The van der Waals surface area contributed by atoms with Crippen molar-refractivity contribution in [2.24, 2.45) is 17.2 Å². The Labute approximate surface area is 60.7 Å². The van der Waals surface area contributed by atoms with Gasteiger partial charge in [0.2, 0.25) is 5.91 Å². The van der Waals surface area contributed by atoms with Crippen LogP contribution in [-0.2, 0) is 4.79 Å². The fourth-order valence-corrected chi connectivity index (χ4v) is 0.651. The number of hydrogen-bond acceptors (Lipinski definition) is 3. The zero-order valence-corrected chi connectivity index (χ0v) is 6.05. The Morgan fingerprint density at radius 3 is 2.40 bits per heavy atom. The average molecular weight is 145 g/mol. The molecule has 1 atom stereocenters. The predicted molar refractivity (Wildman–Crippen MR) is 40.1 cm³/mol. The minimum absolute atomic E-state index is 0.433. The van der Waals surface area contributed by atoms with Crippen molar-refractivity contribution in [3.63, 3.8) is 0 Å². The summed E-state index contributed by atoms with van der Waals surface area (Å²) < 4.78 is 0. The van der Waals surface area contributed by atoms with Gasteiger partial charge < -0.3 is 17.2 Å². The van der Waals surface area contributed by atoms with Crippen molar-refractivity contribution in [3.8, 4) is 0 Å². The molecule has 0 aliphatic carbocycles. The first kappa shape index (κ1) is 9.39. The largest absolute Gasteiger partial charge is 0.368 e. The lowest BCUT2D eigenvalue weighted by molar-refractivity contribution is -0.119. The number of unbranched alkanes of at least 4 members (excludes halogenated alkanes) is 1. The van der Waals surface area contributed by atoms with Crippen molar-refractivity contribution in [1.29, 1.82) is 0 Å². The molecule has 0 aromatic heterocycles. The molecule has 60 valence electrons. The molecule has 0 fully saturated rings. The molecule has 4 heteroatoms. The molecule has 0 rings (SSSR count). The SMILES string of the molecule is NCCCC[C@@H](N)C(N)=O. The minimum Gasteiger partial charge on any atom is -0.368 e. The van der Waals surface area contributed by atoms with Crippen molar-refractivity contribution in [2.45, 2.75) is 25.3 Å². The molecule has 0 radical (unpaired) electrons. The molecular formula is C6H15N3O. The molecule has 10 heavy (non-hydrogen) atoms. The number of carbonyl (C=O) groups is 1. The molecule has 0 unspecified atom stereocenters. The standard InChI is InChI=1S/C6H15N3O/c7-4-2-1-3-5(8)6(9)10/h5H,1-4,7-8H2,(H2,9,10)/t5-/m1/s1. The van der Waals surface area contributed by atoms with Crippen LogP contribution >= 0.6 is 0 Å². The predicted octanol–water partition coefficient (Wildman–Crippen LogP) is -1.07. The molecule has 0 heterocycles. The van der Waals surface area contributed by atoms with Crippen molar-refractivity contribution in [1.82, 2.24) is 0 Å². The Balaban J connectivity index is 3.21. The van der Waals surface area contributed by atoms with Crippen LogP contribution in [0.1, 0.15) is 19.3 Å². The van der Waals surface area contributed by atoms with Gasteiger partial charge in [0, 0.05) is 0 Å². The maximum atomic E-state index is 10.4. The maximum Gasteiger partial charge on any atom is 0.234 e. The molecule has 0 aromatic rings. The van der Waals surface area contributed by atoms with Crippen LogP contribution < -0.4 is 17.2 Å². The lowest BCUT2D eigenvalue weighted by Crippen LogP contribution is -2.36. The first-order chi connectivity index (χ1) is 4.68. The summed E-state index contributed by atoms with van der Waals surface area (Å²) in [5.74, 6) is -0.433. The van der Waals surface area contributed by atoms with Crippen LogP contribution in [0, 0.1) is 0 Å². The Kier molecular flexibility index (Phi) is 4.88. The van der Waals surface area contributed by atoms with E-state index in [1.54, 1.807) is 0 Å². The Hall–Kier alpha value is -0.610. The summed E-state index contributed by atoms with van der Waals surface area (Å²) in [6.07, 6.45) is 2.42. The second-order valence-electron chi connectivity index (χ2n) is 2.29. The van der Waals surface area contributed by atoms with Gasteiger partial charge in [0.1, 0.15) is 0 Å². The molecule has 0 spiro atoms. The van der Waals surface area contributed by atoms with Gasteiger partial charge in [-0.2, -0.15) is 0 Å². The van der Waals surface area contributed by atoms with Crippen molar-refractivity contribution in [2.75, 3.05) is 6.54 Å². The molecule has 6 N–H and O–H groups in total. The minimum atomic E-state index is -0.494. The van der Waals surface area contributed by atoms with Crippen LogP contribution in [0.5, 0.6) is 0 Å². The summed E-state index contributed by atoms with van der Waals surface area (Å²) in [5, 5.41) is 0. The first-order valence-corrected chi connectivity index (χ1v) is 3.43. The second-order valence-corrected chi connectivity index (χ2v) is 2.29. The zero-order valence-electron chi connectivity index (χ0n) is 6.05. The summed E-state index contributed by atoms with van der Waals surface area (Å²) in [4.78, 5) is 10.4. The van der Waals surface area contributed by atoms with Gasteiger partial charge in [0.05, 0.1) is 6.04 Å². The molecule has 4 nitrogen and oxygen atoms in total. The van der Waals surface area contributed by atoms with Gasteiger partial charge in [-0.1, -0.05) is 6.42 Å². The summed E-state index contributed by atoms with van der Waals surface area (Å²) in [7, 11) is 0. The average Bonchev–Trinajstić information content (AvgIpc) is 1.88. The van der Waals surface area contributed by atoms with Gasteiger partial charge in [0.25, 0.3) is 0 Å². The summed E-state index contributed by atoms with van der Waals surface area (Å²) >= 11 is 0. The molecular weight excluding hydrogens is 130 g/mol. The van der Waals surface area contributed by atoms with Gasteiger partial charge in [-0.15, -0.1) is 0 Å². The monoisotopic (exact) mass is 145 g/mol. The van der Waals surface area contributed by atoms with E-state index in [9.17, 15) is 4.79 Å². The Morgan fingerprint density at radius 1 is 1.40 bits per heavy atom. The normalized spacial score (nSPS) is 13.0. The first-order valence-electron chi connectivity index (χ1n) is 3.43. The summed E-state index contributed by atoms with van der Waals surface area (Å²) in [6.45, 7) is 0.644. The van der Waals surface area contributed by atoms with E-state index in [1.165, 1.54) is 0 Å². The number of nitrogens with two attached hydrogens (primary N) is 3. The van der Waals surface area contributed by atoms with E-state index >= 15 is 0 Å². The van der Waals surface area contributed by atoms with E-state index < -0.39 is 11.9 Å². The summed E-state index contributed by atoms with van der Waals surface area (Å²) in [5.41, 5.74) is 15.5. The third-order valence-electron chi connectivity index (χ3n) is 1.33. The van der Waals surface area contributed by atoms with Crippen molar-refractivity contribution in [3.05, 3.63) is 0 Å². The topological polar surface area (TPSA) is 95.1 Å². The lowest BCUT2D eigenvalue weighted by Gasteiger charge is -2.04. The van der Waals surface area contributed by atoms with Crippen LogP contribution in [0.2, 0.25) is 0 Å². The van der Waals surface area contributed by atoms with Gasteiger partial charge in [-0.25, -0.2) is 0 Å². The number of carbonyl (C=O) groups excluding carboxylic acids is 1. The van der Waals surface area contributed by atoms with Crippen molar-refractivity contribution < 1.29 is 4.79 Å². The second kappa shape index (κ2) is 5.20. The van der Waals surface area contributed by atoms with E-state index in [0.29, 0.717) is 13.0 Å². The highest BCUT2D eigenvalue weighted by Gasteiger charge is 2.06.